The average molecular weight is 183 g/mol. The summed E-state index contributed by atoms with van der Waals surface area (Å²) in [5, 5.41) is 0. The van der Waals surface area contributed by atoms with Crippen LogP contribution in [0.2, 0.25) is 0 Å². The molecule has 0 aliphatic heterocycles. The first-order valence-corrected chi connectivity index (χ1v) is 5.86. The van der Waals surface area contributed by atoms with Crippen LogP contribution < -0.4 is 0 Å². The minimum absolute atomic E-state index is 1.03. The van der Waals surface area contributed by atoms with E-state index < -0.39 is 0 Å². The van der Waals surface area contributed by atoms with Gasteiger partial charge in [0.1, 0.15) is 0 Å². The van der Waals surface area contributed by atoms with Crippen molar-refractivity contribution in [2.75, 3.05) is 6.54 Å². The van der Waals surface area contributed by atoms with Gasteiger partial charge in [0.25, 0.3) is 0 Å². The van der Waals surface area contributed by atoms with Crippen molar-refractivity contribution in [1.82, 2.24) is 0 Å². The fraction of sp³-hybridized carbons (Fsp3) is 0.917. The van der Waals surface area contributed by atoms with E-state index in [9.17, 15) is 0 Å². The van der Waals surface area contributed by atoms with Crippen molar-refractivity contribution in [3.05, 3.63) is 0 Å². The molecule has 0 radical (unpaired) electrons. The molecule has 0 aliphatic carbocycles. The van der Waals surface area contributed by atoms with Gasteiger partial charge >= 0.3 is 0 Å². The highest BCUT2D eigenvalue weighted by Crippen LogP contribution is 2.08. The molecule has 13 heavy (non-hydrogen) atoms. The fourth-order valence-electron chi connectivity index (χ4n) is 1.47. The monoisotopic (exact) mass is 183 g/mol. The van der Waals surface area contributed by atoms with E-state index in [1.165, 1.54) is 51.4 Å². The zero-order chi connectivity index (χ0) is 9.78. The van der Waals surface area contributed by atoms with Gasteiger partial charge in [-0.2, -0.15) is 0 Å². The van der Waals surface area contributed by atoms with Crippen LogP contribution in [0.5, 0.6) is 0 Å². The van der Waals surface area contributed by atoms with E-state index in [0.29, 0.717) is 0 Å². The Morgan fingerprint density at radius 3 is 1.92 bits per heavy atom. The Balaban J connectivity index is 2.83. The van der Waals surface area contributed by atoms with E-state index in [2.05, 4.69) is 11.9 Å². The van der Waals surface area contributed by atoms with E-state index in [1.54, 1.807) is 0 Å². The van der Waals surface area contributed by atoms with Crippen LogP contribution >= 0.6 is 0 Å². The quantitative estimate of drug-likeness (QED) is 0.375. The largest absolute Gasteiger partial charge is 0.298 e. The summed E-state index contributed by atoms with van der Waals surface area (Å²) >= 11 is 0. The highest BCUT2D eigenvalue weighted by atomic mass is 14.7. The fourth-order valence-corrected chi connectivity index (χ4v) is 1.47. The predicted octanol–water partition coefficient (Wildman–Crippen LogP) is 4.22. The first-order chi connectivity index (χ1) is 6.41. The van der Waals surface area contributed by atoms with Crippen LogP contribution in [0.15, 0.2) is 4.99 Å². The summed E-state index contributed by atoms with van der Waals surface area (Å²) in [4.78, 5) is 4.19. The molecule has 0 heterocycles. The average Bonchev–Trinajstić information content (AvgIpc) is 2.16. The smallest absolute Gasteiger partial charge is 0.0385 e. The molecule has 0 fully saturated rings. The Kier molecular flexibility index (Phi) is 11.4. The first-order valence-electron chi connectivity index (χ1n) is 5.86. The van der Waals surface area contributed by atoms with Crippen LogP contribution in [0, 0.1) is 0 Å². The van der Waals surface area contributed by atoms with E-state index in [-0.39, 0.29) is 0 Å². The predicted molar refractivity (Wildman–Crippen MR) is 61.6 cm³/mol. The standard InChI is InChI=1S/C12H25N/c1-3-5-6-7-8-9-10-11-12-13-4-2/h4H,3,5-12H2,1-2H3/b13-4+. The summed E-state index contributed by atoms with van der Waals surface area (Å²) in [6.45, 7) is 5.29. The lowest BCUT2D eigenvalue weighted by molar-refractivity contribution is 0.578. The van der Waals surface area contributed by atoms with Gasteiger partial charge in [0.15, 0.2) is 0 Å². The SMILES string of the molecule is C/C=N/CCCCCCCCCC. The zero-order valence-electron chi connectivity index (χ0n) is 9.39. The lowest BCUT2D eigenvalue weighted by Gasteiger charge is -1.99. The summed E-state index contributed by atoms with van der Waals surface area (Å²) in [6, 6.07) is 0. The molecule has 0 N–H and O–H groups in total. The Morgan fingerprint density at radius 2 is 1.38 bits per heavy atom. The van der Waals surface area contributed by atoms with Crippen LogP contribution in [0.4, 0.5) is 0 Å². The van der Waals surface area contributed by atoms with Crippen molar-refractivity contribution in [2.24, 2.45) is 4.99 Å². The van der Waals surface area contributed by atoms with Gasteiger partial charge in [0, 0.05) is 6.54 Å². The van der Waals surface area contributed by atoms with Crippen molar-refractivity contribution in [3.8, 4) is 0 Å². The molecule has 0 amide bonds. The Labute approximate surface area is 83.6 Å². The molecule has 78 valence electrons. The van der Waals surface area contributed by atoms with Gasteiger partial charge in [-0.1, -0.05) is 51.9 Å². The second kappa shape index (κ2) is 11.7. The number of hydrogen-bond donors (Lipinski definition) is 0. The lowest BCUT2D eigenvalue weighted by Crippen LogP contribution is -1.83. The summed E-state index contributed by atoms with van der Waals surface area (Å²) in [7, 11) is 0. The lowest BCUT2D eigenvalue weighted by atomic mass is 10.1. The van der Waals surface area contributed by atoms with Gasteiger partial charge in [-0.25, -0.2) is 0 Å². The van der Waals surface area contributed by atoms with Crippen molar-refractivity contribution in [2.45, 2.75) is 65.2 Å². The Bertz CT molecular complexity index is 108. The molecule has 0 atom stereocenters. The molecule has 0 saturated heterocycles. The van der Waals surface area contributed by atoms with Gasteiger partial charge in [-0.15, -0.1) is 0 Å². The minimum Gasteiger partial charge on any atom is -0.298 e. The van der Waals surface area contributed by atoms with E-state index in [1.807, 2.05) is 13.1 Å². The molecule has 0 aliphatic rings. The molecule has 0 aromatic carbocycles. The first kappa shape index (κ1) is 12.7. The number of rotatable bonds is 9. The van der Waals surface area contributed by atoms with Crippen LogP contribution in [0.1, 0.15) is 65.2 Å². The van der Waals surface area contributed by atoms with Crippen LogP contribution in [0.3, 0.4) is 0 Å². The molecule has 0 aromatic rings. The Morgan fingerprint density at radius 1 is 0.846 bits per heavy atom. The maximum Gasteiger partial charge on any atom is 0.0385 e. The van der Waals surface area contributed by atoms with Gasteiger partial charge in [0.2, 0.25) is 0 Å². The summed E-state index contributed by atoms with van der Waals surface area (Å²) in [5.74, 6) is 0. The maximum atomic E-state index is 4.19. The molecule has 0 rings (SSSR count). The molecule has 1 nitrogen and oxygen atoms in total. The van der Waals surface area contributed by atoms with Crippen molar-refractivity contribution >= 4 is 6.21 Å². The maximum absolute atomic E-state index is 4.19. The van der Waals surface area contributed by atoms with Gasteiger partial charge in [-0.05, 0) is 19.6 Å². The third-order valence-corrected chi connectivity index (χ3v) is 2.32. The number of nitrogens with zero attached hydrogens (tertiary/aromatic N) is 1. The third kappa shape index (κ3) is 11.7. The van der Waals surface area contributed by atoms with Crippen LogP contribution in [-0.4, -0.2) is 12.8 Å². The number of unbranched alkanes of at least 4 members (excludes halogenated alkanes) is 7. The number of hydrogen-bond acceptors (Lipinski definition) is 1. The highest BCUT2D eigenvalue weighted by Gasteiger charge is 1.89. The van der Waals surface area contributed by atoms with Crippen molar-refractivity contribution < 1.29 is 0 Å². The van der Waals surface area contributed by atoms with E-state index >= 15 is 0 Å². The van der Waals surface area contributed by atoms with Gasteiger partial charge in [-0.3, -0.25) is 4.99 Å². The molecule has 0 bridgehead atoms. The molecule has 0 unspecified atom stereocenters. The Hall–Kier alpha value is -0.330. The van der Waals surface area contributed by atoms with Crippen molar-refractivity contribution in [3.63, 3.8) is 0 Å². The number of aliphatic imine (C=N–C) groups is 1. The van der Waals surface area contributed by atoms with Crippen LogP contribution in [0.25, 0.3) is 0 Å². The molecule has 0 saturated carbocycles. The molecule has 0 aromatic heterocycles. The molecular formula is C12H25N. The normalized spacial score (nSPS) is 11.2. The van der Waals surface area contributed by atoms with E-state index in [0.717, 1.165) is 6.54 Å². The van der Waals surface area contributed by atoms with Crippen molar-refractivity contribution in [1.29, 1.82) is 0 Å². The molecular weight excluding hydrogens is 158 g/mol. The third-order valence-electron chi connectivity index (χ3n) is 2.32. The molecule has 0 spiro atoms. The van der Waals surface area contributed by atoms with Gasteiger partial charge < -0.3 is 0 Å². The minimum atomic E-state index is 1.03. The van der Waals surface area contributed by atoms with E-state index in [4.69, 9.17) is 0 Å². The summed E-state index contributed by atoms with van der Waals surface area (Å²) in [5.41, 5.74) is 0. The molecule has 1 heteroatoms. The second-order valence-electron chi connectivity index (χ2n) is 3.64. The highest BCUT2D eigenvalue weighted by molar-refractivity contribution is 5.53. The second-order valence-corrected chi connectivity index (χ2v) is 3.64. The topological polar surface area (TPSA) is 12.4 Å². The zero-order valence-corrected chi connectivity index (χ0v) is 9.39. The van der Waals surface area contributed by atoms with Crippen LogP contribution in [-0.2, 0) is 0 Å². The van der Waals surface area contributed by atoms with Gasteiger partial charge in [0.05, 0.1) is 0 Å². The summed E-state index contributed by atoms with van der Waals surface area (Å²) in [6.07, 6.45) is 13.0. The summed E-state index contributed by atoms with van der Waals surface area (Å²) < 4.78 is 0.